The maximum absolute atomic E-state index is 9.94. The summed E-state index contributed by atoms with van der Waals surface area (Å²) in [6, 6.07) is 0.571. The summed E-state index contributed by atoms with van der Waals surface area (Å²) in [5.74, 6) is 0. The zero-order valence-corrected chi connectivity index (χ0v) is 10.0. The van der Waals surface area contributed by atoms with Gasteiger partial charge in [0.05, 0.1) is 0 Å². The van der Waals surface area contributed by atoms with Crippen molar-refractivity contribution >= 4 is 6.41 Å². The summed E-state index contributed by atoms with van der Waals surface area (Å²) < 4.78 is 0. The molecule has 0 atom stereocenters. The Morgan fingerprint density at radius 3 is 2.40 bits per heavy atom. The maximum atomic E-state index is 9.94. The molecule has 0 aromatic carbocycles. The molecule has 0 unspecified atom stereocenters. The topological polar surface area (TPSA) is 53.2 Å². The minimum Gasteiger partial charge on any atom is -0.359 e. The first kappa shape index (κ1) is 14.4. The largest absolute Gasteiger partial charge is 0.359 e. The molecule has 0 aromatic rings. The molecule has 0 saturated carbocycles. The predicted octanol–water partition coefficient (Wildman–Crippen LogP) is 0.490. The van der Waals surface area contributed by atoms with Crippen LogP contribution in [0.4, 0.5) is 0 Å². The Bertz CT molecular complexity index is 140. The summed E-state index contributed by atoms with van der Waals surface area (Å²) in [7, 11) is 0. The lowest BCUT2D eigenvalue weighted by Gasteiger charge is -2.08. The molecule has 90 valence electrons. The second kappa shape index (κ2) is 11.5. The van der Waals surface area contributed by atoms with Crippen LogP contribution in [0.2, 0.25) is 0 Å². The zero-order valence-electron chi connectivity index (χ0n) is 10.0. The Morgan fingerprint density at radius 1 is 1.00 bits per heavy atom. The van der Waals surface area contributed by atoms with E-state index in [0.29, 0.717) is 6.04 Å². The number of nitrogens with one attached hydrogen (secondary N) is 3. The SMILES string of the molecule is CC(C)NCCNCCCCCNC=O. The molecular formula is C11H25N3O. The van der Waals surface area contributed by atoms with Crippen LogP contribution in [0.25, 0.3) is 0 Å². The van der Waals surface area contributed by atoms with Crippen LogP contribution in [0.5, 0.6) is 0 Å². The normalized spacial score (nSPS) is 10.6. The van der Waals surface area contributed by atoms with Crippen LogP contribution in [0.15, 0.2) is 0 Å². The summed E-state index contributed by atoms with van der Waals surface area (Å²) in [6.45, 7) is 8.24. The van der Waals surface area contributed by atoms with Gasteiger partial charge in [0.15, 0.2) is 0 Å². The minimum absolute atomic E-state index is 0.571. The van der Waals surface area contributed by atoms with E-state index in [4.69, 9.17) is 0 Å². The van der Waals surface area contributed by atoms with Gasteiger partial charge in [0, 0.05) is 25.7 Å². The first-order chi connectivity index (χ1) is 7.27. The van der Waals surface area contributed by atoms with Crippen LogP contribution in [0.3, 0.4) is 0 Å². The van der Waals surface area contributed by atoms with E-state index in [1.54, 1.807) is 0 Å². The van der Waals surface area contributed by atoms with Gasteiger partial charge in [-0.15, -0.1) is 0 Å². The molecule has 3 N–H and O–H groups in total. The van der Waals surface area contributed by atoms with Gasteiger partial charge in [-0.3, -0.25) is 4.79 Å². The summed E-state index contributed by atoms with van der Waals surface area (Å²) >= 11 is 0. The fraction of sp³-hybridized carbons (Fsp3) is 0.909. The van der Waals surface area contributed by atoms with E-state index in [9.17, 15) is 4.79 Å². The van der Waals surface area contributed by atoms with Gasteiger partial charge in [-0.25, -0.2) is 0 Å². The molecule has 0 aromatic heterocycles. The minimum atomic E-state index is 0.571. The van der Waals surface area contributed by atoms with Gasteiger partial charge in [0.2, 0.25) is 6.41 Å². The highest BCUT2D eigenvalue weighted by molar-refractivity contribution is 5.45. The quantitative estimate of drug-likeness (QED) is 0.347. The first-order valence-corrected chi connectivity index (χ1v) is 5.88. The molecule has 0 fully saturated rings. The van der Waals surface area contributed by atoms with E-state index in [1.807, 2.05) is 0 Å². The van der Waals surface area contributed by atoms with Crippen molar-refractivity contribution in [3.63, 3.8) is 0 Å². The summed E-state index contributed by atoms with van der Waals surface area (Å²) in [6.07, 6.45) is 4.19. The molecule has 0 bridgehead atoms. The van der Waals surface area contributed by atoms with Crippen molar-refractivity contribution in [3.8, 4) is 0 Å². The van der Waals surface area contributed by atoms with E-state index in [1.165, 1.54) is 12.8 Å². The maximum Gasteiger partial charge on any atom is 0.207 e. The van der Waals surface area contributed by atoms with E-state index in [2.05, 4.69) is 29.8 Å². The van der Waals surface area contributed by atoms with E-state index >= 15 is 0 Å². The number of carbonyl (C=O) groups is 1. The third kappa shape index (κ3) is 13.4. The molecule has 15 heavy (non-hydrogen) atoms. The standard InChI is InChI=1S/C11H25N3O/c1-11(2)14-9-8-12-6-4-3-5-7-13-10-15/h10-12,14H,3-9H2,1-2H3,(H,13,15). The molecule has 4 nitrogen and oxygen atoms in total. The first-order valence-electron chi connectivity index (χ1n) is 5.88. The van der Waals surface area contributed by atoms with Crippen LogP contribution < -0.4 is 16.0 Å². The van der Waals surface area contributed by atoms with Gasteiger partial charge in [-0.1, -0.05) is 20.3 Å². The molecule has 0 aliphatic rings. The van der Waals surface area contributed by atoms with Gasteiger partial charge in [-0.2, -0.15) is 0 Å². The number of rotatable bonds is 11. The van der Waals surface area contributed by atoms with Crippen molar-refractivity contribution in [2.75, 3.05) is 26.2 Å². The number of hydrogen-bond donors (Lipinski definition) is 3. The fourth-order valence-electron chi connectivity index (χ4n) is 1.29. The van der Waals surface area contributed by atoms with Gasteiger partial charge < -0.3 is 16.0 Å². The fourth-order valence-corrected chi connectivity index (χ4v) is 1.29. The lowest BCUT2D eigenvalue weighted by atomic mass is 10.2. The number of carbonyl (C=O) groups excluding carboxylic acids is 1. The van der Waals surface area contributed by atoms with Crippen molar-refractivity contribution in [1.82, 2.24) is 16.0 Å². The summed E-state index contributed by atoms with van der Waals surface area (Å²) in [5, 5.41) is 9.39. The van der Waals surface area contributed by atoms with Crippen molar-refractivity contribution in [3.05, 3.63) is 0 Å². The average molecular weight is 215 g/mol. The summed E-state index contributed by atoms with van der Waals surface area (Å²) in [5.41, 5.74) is 0. The Hall–Kier alpha value is -0.610. The molecule has 0 aliphatic heterocycles. The van der Waals surface area contributed by atoms with E-state index < -0.39 is 0 Å². The molecule has 4 heteroatoms. The molecule has 0 spiro atoms. The van der Waals surface area contributed by atoms with Crippen molar-refractivity contribution in [1.29, 1.82) is 0 Å². The second-order valence-corrected chi connectivity index (χ2v) is 3.99. The molecule has 0 aliphatic carbocycles. The highest BCUT2D eigenvalue weighted by Crippen LogP contribution is 1.91. The van der Waals surface area contributed by atoms with Crippen LogP contribution in [-0.4, -0.2) is 38.6 Å². The summed E-state index contributed by atoms with van der Waals surface area (Å²) in [4.78, 5) is 9.94. The third-order valence-electron chi connectivity index (χ3n) is 2.11. The average Bonchev–Trinajstić information content (AvgIpc) is 2.20. The highest BCUT2D eigenvalue weighted by atomic mass is 16.1. The van der Waals surface area contributed by atoms with Gasteiger partial charge in [0.1, 0.15) is 0 Å². The zero-order chi connectivity index (χ0) is 11.4. The van der Waals surface area contributed by atoms with Crippen LogP contribution in [0, 0.1) is 0 Å². The van der Waals surface area contributed by atoms with Gasteiger partial charge in [-0.05, 0) is 19.4 Å². The Balaban J connectivity index is 2.89. The smallest absolute Gasteiger partial charge is 0.207 e. The van der Waals surface area contributed by atoms with Crippen molar-refractivity contribution in [2.24, 2.45) is 0 Å². The lowest BCUT2D eigenvalue weighted by Crippen LogP contribution is -2.32. The van der Waals surface area contributed by atoms with Crippen LogP contribution in [0.1, 0.15) is 33.1 Å². The van der Waals surface area contributed by atoms with Gasteiger partial charge in [0.25, 0.3) is 0 Å². The van der Waals surface area contributed by atoms with E-state index in [-0.39, 0.29) is 0 Å². The molecule has 0 rings (SSSR count). The van der Waals surface area contributed by atoms with Crippen molar-refractivity contribution in [2.45, 2.75) is 39.2 Å². The molecular weight excluding hydrogens is 190 g/mol. The van der Waals surface area contributed by atoms with Crippen LogP contribution in [-0.2, 0) is 4.79 Å². The monoisotopic (exact) mass is 215 g/mol. The Kier molecular flexibility index (Phi) is 11.0. The highest BCUT2D eigenvalue weighted by Gasteiger charge is 1.92. The van der Waals surface area contributed by atoms with Gasteiger partial charge >= 0.3 is 0 Å². The van der Waals surface area contributed by atoms with Crippen molar-refractivity contribution < 1.29 is 4.79 Å². The Labute approximate surface area is 93.2 Å². The molecule has 0 heterocycles. The lowest BCUT2D eigenvalue weighted by molar-refractivity contribution is -0.109. The Morgan fingerprint density at radius 2 is 1.73 bits per heavy atom. The third-order valence-corrected chi connectivity index (χ3v) is 2.11. The number of amides is 1. The second-order valence-electron chi connectivity index (χ2n) is 3.99. The predicted molar refractivity (Wildman–Crippen MR) is 63.9 cm³/mol. The molecule has 1 amide bonds. The number of hydrogen-bond acceptors (Lipinski definition) is 3. The number of unbranched alkanes of at least 4 members (excludes halogenated alkanes) is 2. The van der Waals surface area contributed by atoms with Crippen LogP contribution >= 0.6 is 0 Å². The molecule has 0 saturated heterocycles. The van der Waals surface area contributed by atoms with E-state index in [0.717, 1.165) is 39.0 Å². The molecule has 0 radical (unpaired) electrons.